The number of hydrogen-bond donors (Lipinski definition) is 1. The summed E-state index contributed by atoms with van der Waals surface area (Å²) in [6.45, 7) is 0.991. The van der Waals surface area contributed by atoms with Crippen molar-refractivity contribution < 1.29 is 9.53 Å². The third kappa shape index (κ3) is 1.84. The molecular formula is C9H9N4O2+. The molecule has 15 heavy (non-hydrogen) atoms. The van der Waals surface area contributed by atoms with Gasteiger partial charge in [0.25, 0.3) is 0 Å². The molecule has 76 valence electrons. The Morgan fingerprint density at radius 1 is 1.40 bits per heavy atom. The van der Waals surface area contributed by atoms with E-state index in [1.165, 1.54) is 0 Å². The number of hydrogen-bond acceptors (Lipinski definition) is 4. The molecule has 1 amide bonds. The SMILES string of the molecule is N=[N+]=Nc1ccc(N2CCOC2=O)cc1. The van der Waals surface area contributed by atoms with Gasteiger partial charge in [-0.05, 0) is 24.3 Å². The summed E-state index contributed by atoms with van der Waals surface area (Å²) in [5, 5.41) is 3.55. The van der Waals surface area contributed by atoms with Gasteiger partial charge >= 0.3 is 6.09 Å². The zero-order valence-corrected chi connectivity index (χ0v) is 7.88. The second-order valence-electron chi connectivity index (χ2n) is 2.98. The molecule has 1 heterocycles. The molecule has 1 fully saturated rings. The van der Waals surface area contributed by atoms with Crippen LogP contribution in [0.25, 0.3) is 0 Å². The van der Waals surface area contributed by atoms with Crippen molar-refractivity contribution in [2.45, 2.75) is 0 Å². The van der Waals surface area contributed by atoms with Crippen molar-refractivity contribution in [3.63, 3.8) is 0 Å². The van der Waals surface area contributed by atoms with Crippen LogP contribution >= 0.6 is 0 Å². The van der Waals surface area contributed by atoms with Crippen LogP contribution in [0.3, 0.4) is 0 Å². The molecule has 1 saturated heterocycles. The predicted octanol–water partition coefficient (Wildman–Crippen LogP) is 1.83. The first kappa shape index (κ1) is 9.36. The quantitative estimate of drug-likeness (QED) is 0.590. The lowest BCUT2D eigenvalue weighted by Gasteiger charge is -2.11. The van der Waals surface area contributed by atoms with Crippen molar-refractivity contribution >= 4 is 17.5 Å². The summed E-state index contributed by atoms with van der Waals surface area (Å²) in [6.07, 6.45) is -0.329. The van der Waals surface area contributed by atoms with Crippen molar-refractivity contribution in [1.82, 2.24) is 4.91 Å². The van der Waals surface area contributed by atoms with Gasteiger partial charge in [0, 0.05) is 5.69 Å². The van der Waals surface area contributed by atoms with Gasteiger partial charge in [-0.25, -0.2) is 4.79 Å². The van der Waals surface area contributed by atoms with Crippen molar-refractivity contribution in [3.05, 3.63) is 24.3 Å². The number of nitrogens with zero attached hydrogens (tertiary/aromatic N) is 3. The fourth-order valence-electron chi connectivity index (χ4n) is 1.38. The van der Waals surface area contributed by atoms with E-state index in [2.05, 4.69) is 10.0 Å². The maximum atomic E-state index is 11.2. The number of ether oxygens (including phenoxy) is 1. The summed E-state index contributed by atoms with van der Waals surface area (Å²) < 4.78 is 4.81. The molecule has 0 unspecified atom stereocenters. The smallest absolute Gasteiger partial charge is 0.414 e. The molecule has 6 heteroatoms. The normalized spacial score (nSPS) is 14.7. The summed E-state index contributed by atoms with van der Waals surface area (Å²) >= 11 is 0. The summed E-state index contributed by atoms with van der Waals surface area (Å²) in [5.74, 6) is 0. The topological polar surface area (TPSA) is 79.8 Å². The molecule has 0 radical (unpaired) electrons. The molecule has 2 rings (SSSR count). The van der Waals surface area contributed by atoms with Crippen LogP contribution in [0.2, 0.25) is 0 Å². The van der Waals surface area contributed by atoms with E-state index in [0.717, 1.165) is 5.69 Å². The van der Waals surface area contributed by atoms with E-state index in [4.69, 9.17) is 10.3 Å². The van der Waals surface area contributed by atoms with Crippen LogP contribution in [0.4, 0.5) is 16.2 Å². The molecule has 1 aromatic carbocycles. The number of carbonyl (C=O) groups excluding carboxylic acids is 1. The number of cyclic esters (lactones) is 1. The fourth-order valence-corrected chi connectivity index (χ4v) is 1.38. The van der Waals surface area contributed by atoms with E-state index in [9.17, 15) is 4.79 Å². The first-order valence-corrected chi connectivity index (χ1v) is 4.43. The number of carbonyl (C=O) groups is 1. The standard InChI is InChI=1S/C9H9N4O2/c10-12-11-7-1-3-8(4-2-7)13-5-6-15-9(13)14/h1-4,10H,5-6H2/q+1. The Morgan fingerprint density at radius 3 is 2.67 bits per heavy atom. The lowest BCUT2D eigenvalue weighted by Crippen LogP contribution is -2.22. The van der Waals surface area contributed by atoms with Gasteiger partial charge in [-0.1, -0.05) is 0 Å². The van der Waals surface area contributed by atoms with E-state index in [1.54, 1.807) is 29.2 Å². The Kier molecular flexibility index (Phi) is 2.43. The molecule has 6 nitrogen and oxygen atoms in total. The highest BCUT2D eigenvalue weighted by atomic mass is 16.6. The van der Waals surface area contributed by atoms with Gasteiger partial charge < -0.3 is 4.74 Å². The largest absolute Gasteiger partial charge is 0.447 e. The van der Waals surface area contributed by atoms with Gasteiger partial charge in [0.05, 0.1) is 6.54 Å². The number of anilines is 1. The van der Waals surface area contributed by atoms with Gasteiger partial charge in [0.2, 0.25) is 4.91 Å². The highest BCUT2D eigenvalue weighted by molar-refractivity contribution is 5.89. The van der Waals surface area contributed by atoms with Crippen molar-refractivity contribution in [2.24, 2.45) is 5.11 Å². The maximum Gasteiger partial charge on any atom is 0.414 e. The van der Waals surface area contributed by atoms with E-state index < -0.39 is 0 Å². The fraction of sp³-hybridized carbons (Fsp3) is 0.222. The van der Waals surface area contributed by atoms with Crippen LogP contribution in [-0.4, -0.2) is 19.2 Å². The number of benzene rings is 1. The number of amides is 1. The molecular weight excluding hydrogens is 196 g/mol. The van der Waals surface area contributed by atoms with Gasteiger partial charge in [0.15, 0.2) is 10.8 Å². The molecule has 0 aliphatic carbocycles. The molecule has 1 aliphatic rings. The van der Waals surface area contributed by atoms with E-state index in [1.807, 2.05) is 0 Å². The van der Waals surface area contributed by atoms with E-state index in [0.29, 0.717) is 18.8 Å². The first-order valence-electron chi connectivity index (χ1n) is 4.43. The average molecular weight is 205 g/mol. The Labute approximate surface area is 85.7 Å². The molecule has 0 bridgehead atoms. The number of rotatable bonds is 2. The average Bonchev–Trinajstić information content (AvgIpc) is 2.66. The van der Waals surface area contributed by atoms with Crippen LogP contribution in [0.5, 0.6) is 0 Å². The highest BCUT2D eigenvalue weighted by Gasteiger charge is 2.23. The van der Waals surface area contributed by atoms with Crippen LogP contribution in [-0.2, 0) is 4.74 Å². The Balaban J connectivity index is 2.23. The monoisotopic (exact) mass is 205 g/mol. The molecule has 0 atom stereocenters. The Bertz CT molecular complexity index is 422. The van der Waals surface area contributed by atoms with Crippen molar-refractivity contribution in [1.29, 1.82) is 5.53 Å². The second kappa shape index (κ2) is 3.89. The number of nitrogens with one attached hydrogen (secondary N) is 1. The Morgan fingerprint density at radius 2 is 2.13 bits per heavy atom. The third-order valence-corrected chi connectivity index (χ3v) is 2.09. The zero-order chi connectivity index (χ0) is 10.7. The third-order valence-electron chi connectivity index (χ3n) is 2.09. The summed E-state index contributed by atoms with van der Waals surface area (Å²) in [4.78, 5) is 15.7. The van der Waals surface area contributed by atoms with Gasteiger partial charge in [-0.15, -0.1) is 0 Å². The molecule has 0 aromatic heterocycles. The minimum Gasteiger partial charge on any atom is -0.447 e. The minimum absolute atomic E-state index is 0.329. The Hall–Kier alpha value is -2.20. The highest BCUT2D eigenvalue weighted by Crippen LogP contribution is 2.21. The van der Waals surface area contributed by atoms with Gasteiger partial charge in [-0.3, -0.25) is 4.90 Å². The van der Waals surface area contributed by atoms with Crippen LogP contribution in [0, 0.1) is 5.53 Å². The minimum atomic E-state index is -0.329. The van der Waals surface area contributed by atoms with Gasteiger partial charge in [-0.2, -0.15) is 0 Å². The van der Waals surface area contributed by atoms with E-state index in [-0.39, 0.29) is 6.09 Å². The molecule has 0 saturated carbocycles. The van der Waals surface area contributed by atoms with Crippen LogP contribution in [0.15, 0.2) is 29.4 Å². The molecule has 0 spiro atoms. The molecule has 1 aromatic rings. The second-order valence-corrected chi connectivity index (χ2v) is 2.98. The lowest BCUT2D eigenvalue weighted by atomic mass is 10.2. The first-order chi connectivity index (χ1) is 7.31. The summed E-state index contributed by atoms with van der Waals surface area (Å²) in [6, 6.07) is 6.88. The van der Waals surface area contributed by atoms with Crippen molar-refractivity contribution in [3.8, 4) is 0 Å². The maximum absolute atomic E-state index is 11.2. The summed E-state index contributed by atoms with van der Waals surface area (Å²) in [5.41, 5.74) is 7.92. The molecule has 1 N–H and O–H groups in total. The predicted molar refractivity (Wildman–Crippen MR) is 52.1 cm³/mol. The molecule has 1 aliphatic heterocycles. The summed E-state index contributed by atoms with van der Waals surface area (Å²) in [7, 11) is 0. The zero-order valence-electron chi connectivity index (χ0n) is 7.88. The van der Waals surface area contributed by atoms with E-state index >= 15 is 0 Å². The van der Waals surface area contributed by atoms with Crippen molar-refractivity contribution in [2.75, 3.05) is 18.1 Å². The van der Waals surface area contributed by atoms with Crippen LogP contribution < -0.4 is 9.81 Å². The van der Waals surface area contributed by atoms with Crippen LogP contribution in [0.1, 0.15) is 0 Å². The lowest BCUT2D eigenvalue weighted by molar-refractivity contribution is 0.181. The van der Waals surface area contributed by atoms with Gasteiger partial charge in [0.1, 0.15) is 12.1 Å².